The maximum Gasteiger partial charge on any atom is 0.258 e. The molecule has 7 heteroatoms. The SMILES string of the molecule is CN1CCC(NCc2cccc(C3CCCN3C(=O)c3cc(Cl)c(O)cc3O)c2)CC1. The first-order valence-corrected chi connectivity index (χ1v) is 11.3. The van der Waals surface area contributed by atoms with Crippen LogP contribution in [0, 0.1) is 0 Å². The van der Waals surface area contributed by atoms with Crippen molar-refractivity contribution in [1.82, 2.24) is 15.1 Å². The number of rotatable bonds is 5. The van der Waals surface area contributed by atoms with E-state index in [1.807, 2.05) is 0 Å². The predicted octanol–water partition coefficient (Wildman–Crippen LogP) is 3.91. The molecule has 2 saturated heterocycles. The molecule has 0 bridgehead atoms. The molecular formula is C24H30ClN3O3. The van der Waals surface area contributed by atoms with E-state index in [0.717, 1.165) is 44.1 Å². The van der Waals surface area contributed by atoms with E-state index in [-0.39, 0.29) is 34.0 Å². The van der Waals surface area contributed by atoms with Gasteiger partial charge < -0.3 is 25.3 Å². The fraction of sp³-hybridized carbons (Fsp3) is 0.458. The number of halogens is 1. The van der Waals surface area contributed by atoms with Crippen molar-refractivity contribution in [2.24, 2.45) is 0 Å². The number of hydrogen-bond acceptors (Lipinski definition) is 5. The predicted molar refractivity (Wildman–Crippen MR) is 122 cm³/mol. The molecule has 6 nitrogen and oxygen atoms in total. The van der Waals surface area contributed by atoms with Crippen molar-refractivity contribution in [3.05, 3.63) is 58.1 Å². The van der Waals surface area contributed by atoms with Crippen LogP contribution in [0.2, 0.25) is 5.02 Å². The van der Waals surface area contributed by atoms with Crippen molar-refractivity contribution in [2.75, 3.05) is 26.7 Å². The second-order valence-electron chi connectivity index (χ2n) is 8.68. The molecule has 2 heterocycles. The summed E-state index contributed by atoms with van der Waals surface area (Å²) in [4.78, 5) is 17.3. The molecule has 2 aromatic rings. The standard InChI is InChI=1S/C24H30ClN3O3/c1-27-10-7-18(8-11-27)26-15-16-4-2-5-17(12-16)21-6-3-9-28(21)24(31)19-13-20(25)23(30)14-22(19)29/h2,4-5,12-14,18,21,26,29-30H,3,6-11,15H2,1H3. The van der Waals surface area contributed by atoms with Crippen molar-refractivity contribution in [2.45, 2.75) is 44.3 Å². The summed E-state index contributed by atoms with van der Waals surface area (Å²) >= 11 is 5.98. The number of aromatic hydroxyl groups is 2. The van der Waals surface area contributed by atoms with Crippen LogP contribution >= 0.6 is 11.6 Å². The zero-order valence-electron chi connectivity index (χ0n) is 17.9. The van der Waals surface area contributed by atoms with Gasteiger partial charge in [-0.05, 0) is 63.0 Å². The highest BCUT2D eigenvalue weighted by molar-refractivity contribution is 6.32. The third-order valence-electron chi connectivity index (χ3n) is 6.46. The first kappa shape index (κ1) is 21.9. The van der Waals surface area contributed by atoms with Crippen molar-refractivity contribution >= 4 is 17.5 Å². The number of hydrogen-bond donors (Lipinski definition) is 3. The molecule has 0 spiro atoms. The van der Waals surface area contributed by atoms with Crippen LogP contribution in [0.1, 0.15) is 53.2 Å². The number of nitrogens with one attached hydrogen (secondary N) is 1. The maximum absolute atomic E-state index is 13.2. The number of phenols is 2. The molecule has 0 aromatic heterocycles. The van der Waals surface area contributed by atoms with E-state index in [4.69, 9.17) is 11.6 Å². The van der Waals surface area contributed by atoms with Gasteiger partial charge >= 0.3 is 0 Å². The van der Waals surface area contributed by atoms with Crippen LogP contribution in [0.3, 0.4) is 0 Å². The number of amides is 1. The molecule has 166 valence electrons. The first-order valence-electron chi connectivity index (χ1n) is 11.0. The molecule has 1 amide bonds. The van der Waals surface area contributed by atoms with Crippen LogP contribution in [0.5, 0.6) is 11.5 Å². The van der Waals surface area contributed by atoms with Gasteiger partial charge in [-0.1, -0.05) is 35.9 Å². The van der Waals surface area contributed by atoms with Crippen molar-refractivity contribution in [3.63, 3.8) is 0 Å². The normalized spacial score (nSPS) is 20.3. The fourth-order valence-corrected chi connectivity index (χ4v) is 4.78. The van der Waals surface area contributed by atoms with Crippen LogP contribution in [0.15, 0.2) is 36.4 Å². The summed E-state index contributed by atoms with van der Waals surface area (Å²) in [6.07, 6.45) is 4.12. The summed E-state index contributed by atoms with van der Waals surface area (Å²) in [6, 6.07) is 11.4. The Morgan fingerprint density at radius 1 is 1.10 bits per heavy atom. The summed E-state index contributed by atoms with van der Waals surface area (Å²) in [5.41, 5.74) is 2.44. The molecule has 2 aliphatic rings. The van der Waals surface area contributed by atoms with E-state index >= 15 is 0 Å². The highest BCUT2D eigenvalue weighted by Gasteiger charge is 2.32. The van der Waals surface area contributed by atoms with E-state index in [1.165, 1.54) is 24.5 Å². The lowest BCUT2D eigenvalue weighted by atomic mass is 10.0. The molecule has 4 rings (SSSR count). The smallest absolute Gasteiger partial charge is 0.258 e. The van der Waals surface area contributed by atoms with Gasteiger partial charge in [0.05, 0.1) is 16.6 Å². The lowest BCUT2D eigenvalue weighted by Crippen LogP contribution is -2.40. The molecule has 2 fully saturated rings. The third-order valence-corrected chi connectivity index (χ3v) is 6.76. The Morgan fingerprint density at radius 2 is 1.87 bits per heavy atom. The number of carbonyl (C=O) groups is 1. The highest BCUT2D eigenvalue weighted by Crippen LogP contribution is 2.37. The van der Waals surface area contributed by atoms with Crippen LogP contribution < -0.4 is 5.32 Å². The van der Waals surface area contributed by atoms with E-state index in [1.54, 1.807) is 4.90 Å². The second kappa shape index (κ2) is 9.47. The zero-order chi connectivity index (χ0) is 22.0. The van der Waals surface area contributed by atoms with E-state index < -0.39 is 0 Å². The number of carbonyl (C=O) groups excluding carboxylic acids is 1. The van der Waals surface area contributed by atoms with Gasteiger partial charge in [0.15, 0.2) is 0 Å². The molecule has 2 aliphatic heterocycles. The monoisotopic (exact) mass is 443 g/mol. The first-order chi connectivity index (χ1) is 14.9. The molecule has 0 radical (unpaired) electrons. The van der Waals surface area contributed by atoms with Gasteiger partial charge in [-0.15, -0.1) is 0 Å². The molecule has 0 aliphatic carbocycles. The summed E-state index contributed by atoms with van der Waals surface area (Å²) in [7, 11) is 2.17. The topological polar surface area (TPSA) is 76.0 Å². The highest BCUT2D eigenvalue weighted by atomic mass is 35.5. The van der Waals surface area contributed by atoms with Crippen molar-refractivity contribution in [3.8, 4) is 11.5 Å². The molecule has 3 N–H and O–H groups in total. The van der Waals surface area contributed by atoms with Crippen molar-refractivity contribution < 1.29 is 15.0 Å². The second-order valence-corrected chi connectivity index (χ2v) is 9.09. The fourth-order valence-electron chi connectivity index (χ4n) is 4.62. The molecule has 1 unspecified atom stereocenters. The van der Waals surface area contributed by atoms with Crippen LogP contribution in [-0.4, -0.2) is 58.6 Å². The summed E-state index contributed by atoms with van der Waals surface area (Å²) < 4.78 is 0. The van der Waals surface area contributed by atoms with E-state index in [9.17, 15) is 15.0 Å². The molecular weight excluding hydrogens is 414 g/mol. The number of likely N-dealkylation sites (tertiary alicyclic amines) is 2. The van der Waals surface area contributed by atoms with Crippen LogP contribution in [-0.2, 0) is 6.54 Å². The van der Waals surface area contributed by atoms with Crippen LogP contribution in [0.4, 0.5) is 0 Å². The van der Waals surface area contributed by atoms with Crippen LogP contribution in [0.25, 0.3) is 0 Å². The lowest BCUT2D eigenvalue weighted by molar-refractivity contribution is 0.0732. The molecule has 0 saturated carbocycles. The largest absolute Gasteiger partial charge is 0.507 e. The van der Waals surface area contributed by atoms with Gasteiger partial charge in [0.2, 0.25) is 0 Å². The molecule has 2 aromatic carbocycles. The minimum Gasteiger partial charge on any atom is -0.507 e. The molecule has 31 heavy (non-hydrogen) atoms. The minimum absolute atomic E-state index is 0.0391. The van der Waals surface area contributed by atoms with E-state index in [2.05, 4.69) is 41.5 Å². The Labute approximate surface area is 188 Å². The van der Waals surface area contributed by atoms with E-state index in [0.29, 0.717) is 12.6 Å². The lowest BCUT2D eigenvalue weighted by Gasteiger charge is -2.30. The number of piperidine rings is 1. The summed E-state index contributed by atoms with van der Waals surface area (Å²) in [5.74, 6) is -0.760. The Hall–Kier alpha value is -2.28. The number of nitrogens with zero attached hydrogens (tertiary/aromatic N) is 2. The Balaban J connectivity index is 1.47. The van der Waals surface area contributed by atoms with Gasteiger partial charge in [0.1, 0.15) is 11.5 Å². The van der Waals surface area contributed by atoms with Gasteiger partial charge in [0, 0.05) is 25.2 Å². The molecule has 1 atom stereocenters. The number of benzene rings is 2. The average molecular weight is 444 g/mol. The average Bonchev–Trinajstić information content (AvgIpc) is 3.26. The third kappa shape index (κ3) is 4.97. The van der Waals surface area contributed by atoms with Gasteiger partial charge in [-0.25, -0.2) is 0 Å². The Kier molecular flexibility index (Phi) is 6.70. The van der Waals surface area contributed by atoms with Gasteiger partial charge in [-0.2, -0.15) is 0 Å². The Bertz CT molecular complexity index is 944. The van der Waals surface area contributed by atoms with Gasteiger partial charge in [-0.3, -0.25) is 4.79 Å². The summed E-state index contributed by atoms with van der Waals surface area (Å²) in [5, 5.41) is 23.6. The minimum atomic E-state index is -0.267. The van der Waals surface area contributed by atoms with Gasteiger partial charge in [0.25, 0.3) is 5.91 Å². The zero-order valence-corrected chi connectivity index (χ0v) is 18.6. The quantitative estimate of drug-likeness (QED) is 0.653. The summed E-state index contributed by atoms with van der Waals surface area (Å²) in [6.45, 7) is 3.70. The maximum atomic E-state index is 13.2. The Morgan fingerprint density at radius 3 is 2.65 bits per heavy atom. The number of phenolic OH excluding ortho intramolecular Hbond substituents is 2. The van der Waals surface area contributed by atoms with Crippen molar-refractivity contribution in [1.29, 1.82) is 0 Å².